The topological polar surface area (TPSA) is 17.1 Å². The normalized spacial score (nSPS) is 18.3. The largest absolute Gasteiger partial charge is 0.308 e. The molecule has 6 heteroatoms. The minimum absolute atomic E-state index is 0.933. The van der Waals surface area contributed by atoms with E-state index in [-0.39, 0.29) is 0 Å². The molecule has 4 aromatic heterocycles. The fraction of sp³-hybridized carbons (Fsp3) is 0.120. The van der Waals surface area contributed by atoms with E-state index >= 15 is 4.57 Å². The Bertz CT molecular complexity index is 1540. The second kappa shape index (κ2) is 7.13. The monoisotopic (exact) mass is 494 g/mol. The number of benzene rings is 1. The van der Waals surface area contributed by atoms with Crippen LogP contribution in [0.4, 0.5) is 0 Å². The molecule has 1 aromatic carbocycles. The molecule has 0 spiro atoms. The lowest BCUT2D eigenvalue weighted by molar-refractivity contribution is 0.593. The molecular formula is C25H19OPS4. The lowest BCUT2D eigenvalue weighted by atomic mass is 10.0. The summed E-state index contributed by atoms with van der Waals surface area (Å²) < 4.78 is 17.9. The molecule has 1 aliphatic rings. The van der Waals surface area contributed by atoms with Crippen LogP contribution in [0.15, 0.2) is 59.3 Å². The number of hydrogen-bond donors (Lipinski definition) is 0. The second-order valence-electron chi connectivity index (χ2n) is 7.84. The zero-order valence-corrected chi connectivity index (χ0v) is 21.4. The molecule has 0 N–H and O–H groups in total. The zero-order valence-electron chi connectivity index (χ0n) is 17.3. The molecule has 0 amide bonds. The highest BCUT2D eigenvalue weighted by Gasteiger charge is 2.47. The SMILES string of the molecule is Cc1cc(C2=C(c3cc(C)sc3C)c3sc4ccsc4c3P2(=O)c2ccccc2)cs1. The van der Waals surface area contributed by atoms with Gasteiger partial charge in [0.1, 0.15) is 0 Å². The molecule has 1 nitrogen and oxygen atoms in total. The van der Waals surface area contributed by atoms with Gasteiger partial charge in [-0.15, -0.1) is 45.3 Å². The van der Waals surface area contributed by atoms with Crippen molar-refractivity contribution in [3.63, 3.8) is 0 Å². The van der Waals surface area contributed by atoms with E-state index in [1.54, 1.807) is 34.0 Å². The molecule has 0 saturated carbocycles. The van der Waals surface area contributed by atoms with Crippen molar-refractivity contribution in [2.24, 2.45) is 0 Å². The summed E-state index contributed by atoms with van der Waals surface area (Å²) in [5.41, 5.74) is 3.54. The first-order valence-electron chi connectivity index (χ1n) is 10.0. The Morgan fingerprint density at radius 1 is 0.871 bits per heavy atom. The molecule has 0 saturated heterocycles. The van der Waals surface area contributed by atoms with Gasteiger partial charge >= 0.3 is 0 Å². The average molecular weight is 495 g/mol. The van der Waals surface area contributed by atoms with Crippen molar-refractivity contribution in [2.75, 3.05) is 0 Å². The van der Waals surface area contributed by atoms with Crippen molar-refractivity contribution in [3.8, 4) is 0 Å². The van der Waals surface area contributed by atoms with Gasteiger partial charge < -0.3 is 4.57 Å². The fourth-order valence-corrected chi connectivity index (χ4v) is 12.9. The Labute approximate surface area is 197 Å². The summed E-state index contributed by atoms with van der Waals surface area (Å²) in [6.45, 7) is 6.48. The highest BCUT2D eigenvalue weighted by Crippen LogP contribution is 2.68. The van der Waals surface area contributed by atoms with Crippen LogP contribution in [0.5, 0.6) is 0 Å². The van der Waals surface area contributed by atoms with E-state index < -0.39 is 7.14 Å². The summed E-state index contributed by atoms with van der Waals surface area (Å²) in [5.74, 6) is 0. The third-order valence-electron chi connectivity index (χ3n) is 5.80. The molecule has 31 heavy (non-hydrogen) atoms. The maximum absolute atomic E-state index is 15.4. The summed E-state index contributed by atoms with van der Waals surface area (Å²) in [6, 6.07) is 16.8. The van der Waals surface area contributed by atoms with Crippen molar-refractivity contribution < 1.29 is 4.57 Å². The first-order valence-corrected chi connectivity index (χ1v) is 15.1. The van der Waals surface area contributed by atoms with Crippen LogP contribution in [-0.2, 0) is 4.57 Å². The van der Waals surface area contributed by atoms with Gasteiger partial charge in [-0.05, 0) is 60.9 Å². The molecule has 5 heterocycles. The Kier molecular flexibility index (Phi) is 4.58. The Morgan fingerprint density at radius 2 is 1.68 bits per heavy atom. The molecule has 6 rings (SSSR count). The van der Waals surface area contributed by atoms with Crippen molar-refractivity contribution in [2.45, 2.75) is 20.8 Å². The average Bonchev–Trinajstić information content (AvgIpc) is 3.53. The molecular weight excluding hydrogens is 476 g/mol. The molecule has 1 aliphatic heterocycles. The van der Waals surface area contributed by atoms with E-state index in [2.05, 4.69) is 61.9 Å². The van der Waals surface area contributed by atoms with Crippen LogP contribution in [-0.4, -0.2) is 0 Å². The van der Waals surface area contributed by atoms with Gasteiger partial charge in [0.05, 0.1) is 10.0 Å². The predicted octanol–water partition coefficient (Wildman–Crippen LogP) is 8.26. The van der Waals surface area contributed by atoms with E-state index in [1.807, 2.05) is 29.5 Å². The van der Waals surface area contributed by atoms with Crippen molar-refractivity contribution >= 4 is 83.4 Å². The molecule has 1 atom stereocenters. The number of hydrogen-bond acceptors (Lipinski definition) is 5. The minimum atomic E-state index is -3.02. The van der Waals surface area contributed by atoms with Crippen LogP contribution in [0.2, 0.25) is 0 Å². The highest BCUT2D eigenvalue weighted by atomic mass is 32.1. The Hall–Kier alpha value is -1.75. The number of aryl methyl sites for hydroxylation is 3. The zero-order chi connectivity index (χ0) is 21.3. The van der Waals surface area contributed by atoms with Crippen LogP contribution >= 0.6 is 52.5 Å². The van der Waals surface area contributed by atoms with Gasteiger partial charge in [-0.3, -0.25) is 0 Å². The van der Waals surface area contributed by atoms with Crippen LogP contribution in [0.25, 0.3) is 20.3 Å². The van der Waals surface area contributed by atoms with E-state index in [4.69, 9.17) is 0 Å². The van der Waals surface area contributed by atoms with E-state index in [0.29, 0.717) is 0 Å². The molecule has 0 fully saturated rings. The summed E-state index contributed by atoms with van der Waals surface area (Å²) in [5, 5.41) is 7.34. The Balaban J connectivity index is 1.82. The third-order valence-corrected chi connectivity index (χ3v) is 13.4. The summed E-state index contributed by atoms with van der Waals surface area (Å²) in [7, 11) is -3.02. The minimum Gasteiger partial charge on any atom is -0.308 e. The quantitative estimate of drug-likeness (QED) is 0.231. The fourth-order valence-electron chi connectivity index (χ4n) is 4.56. The van der Waals surface area contributed by atoms with Crippen LogP contribution in [0, 0.1) is 20.8 Å². The van der Waals surface area contributed by atoms with Crippen LogP contribution < -0.4 is 10.6 Å². The van der Waals surface area contributed by atoms with Gasteiger partial charge in [-0.1, -0.05) is 30.3 Å². The summed E-state index contributed by atoms with van der Waals surface area (Å²) >= 11 is 7.08. The van der Waals surface area contributed by atoms with Crippen molar-refractivity contribution in [1.29, 1.82) is 0 Å². The predicted molar refractivity (Wildman–Crippen MR) is 142 cm³/mol. The van der Waals surface area contributed by atoms with Gasteiger partial charge in [0, 0.05) is 40.4 Å². The Morgan fingerprint density at radius 3 is 2.35 bits per heavy atom. The molecule has 5 aromatic rings. The summed E-state index contributed by atoms with van der Waals surface area (Å²) in [4.78, 5) is 5.04. The smallest absolute Gasteiger partial charge is 0.175 e. The van der Waals surface area contributed by atoms with Gasteiger partial charge in [0.25, 0.3) is 0 Å². The molecule has 0 bridgehead atoms. The molecule has 154 valence electrons. The standard InChI is InChI=1S/C25H19OPS4/c1-14-11-17(13-29-14)22-21(19-12-15(2)30-16(19)3)25-23(24-20(31-25)9-10-28-24)27(22,26)18-7-5-4-6-8-18/h4-13H,1-3H3. The second-order valence-corrected chi connectivity index (χ2v) is 15.0. The van der Waals surface area contributed by atoms with Crippen LogP contribution in [0.3, 0.4) is 0 Å². The maximum Gasteiger partial charge on any atom is 0.175 e. The summed E-state index contributed by atoms with van der Waals surface area (Å²) in [6.07, 6.45) is 0. The van der Waals surface area contributed by atoms with Crippen molar-refractivity contribution in [1.82, 2.24) is 0 Å². The lowest BCUT2D eigenvalue weighted by Gasteiger charge is -2.18. The van der Waals surface area contributed by atoms with Gasteiger partial charge in [-0.2, -0.15) is 0 Å². The molecule has 0 aliphatic carbocycles. The highest BCUT2D eigenvalue weighted by molar-refractivity contribution is 7.90. The maximum atomic E-state index is 15.4. The lowest BCUT2D eigenvalue weighted by Crippen LogP contribution is -2.14. The first-order chi connectivity index (χ1) is 15.0. The number of thiophene rings is 4. The van der Waals surface area contributed by atoms with Crippen molar-refractivity contribution in [3.05, 3.63) is 89.9 Å². The van der Waals surface area contributed by atoms with E-state index in [9.17, 15) is 0 Å². The van der Waals surface area contributed by atoms with E-state index in [1.165, 1.54) is 40.0 Å². The van der Waals surface area contributed by atoms with Gasteiger partial charge in [0.15, 0.2) is 7.14 Å². The van der Waals surface area contributed by atoms with Gasteiger partial charge in [0.2, 0.25) is 0 Å². The molecule has 0 radical (unpaired) electrons. The molecule has 1 unspecified atom stereocenters. The number of fused-ring (bicyclic) bond motifs is 3. The third kappa shape index (κ3) is 2.81. The first kappa shape index (κ1) is 19.9. The number of rotatable bonds is 3. The van der Waals surface area contributed by atoms with Gasteiger partial charge in [-0.25, -0.2) is 0 Å². The van der Waals surface area contributed by atoms with E-state index in [0.717, 1.165) is 21.5 Å². The van der Waals surface area contributed by atoms with Crippen LogP contribution in [0.1, 0.15) is 30.6 Å².